The zero-order valence-corrected chi connectivity index (χ0v) is 21.9. The Balaban J connectivity index is 0.00000324. The maximum atomic E-state index is 12.8. The molecule has 0 radical (unpaired) electrons. The number of hydrogen-bond acceptors (Lipinski definition) is 10. The molecule has 11 nitrogen and oxygen atoms in total. The SMILES string of the molecule is Cn1cnnc1SCC1=C(C(=O)[O-])N2C(=O)C(NC(=O)C(OC=O)c3ccccc3)C2SC1.[Na+]. The van der Waals surface area contributed by atoms with Crippen molar-refractivity contribution >= 4 is 47.8 Å². The van der Waals surface area contributed by atoms with Crippen LogP contribution < -0.4 is 40.0 Å². The predicted molar refractivity (Wildman–Crippen MR) is 115 cm³/mol. The number of fused-ring (bicyclic) bond motifs is 1. The second-order valence-electron chi connectivity index (χ2n) is 7.17. The molecule has 2 aliphatic heterocycles. The number of rotatable bonds is 9. The number of carboxylic acid groups (broad SMARTS) is 1. The third-order valence-electron chi connectivity index (χ3n) is 5.12. The van der Waals surface area contributed by atoms with Gasteiger partial charge in [-0.2, -0.15) is 0 Å². The standard InChI is InChI=1S/C20H19N5O6S2.Na/c1-24-9-21-23-20(24)33-8-12-7-32-18-13(17(28)25(18)14(12)19(29)30)22-16(27)15(31-10-26)11-5-3-2-4-6-11;/h2-6,9-10,13,15,18H,7-8H2,1H3,(H,22,27)(H,29,30);/q;+1/p-1. The molecule has 1 aromatic heterocycles. The van der Waals surface area contributed by atoms with Crippen LogP contribution in [0.25, 0.3) is 0 Å². The Morgan fingerprint density at radius 1 is 1.38 bits per heavy atom. The average Bonchev–Trinajstić information content (AvgIpc) is 3.23. The Bertz CT molecular complexity index is 1130. The monoisotopic (exact) mass is 511 g/mol. The van der Waals surface area contributed by atoms with E-state index in [-0.39, 0.29) is 41.7 Å². The number of ether oxygens (including phenoxy) is 1. The molecule has 1 fully saturated rings. The molecule has 1 aromatic carbocycles. The zero-order valence-electron chi connectivity index (χ0n) is 18.2. The van der Waals surface area contributed by atoms with Crippen LogP contribution in [0, 0.1) is 0 Å². The summed E-state index contributed by atoms with van der Waals surface area (Å²) in [6.07, 6.45) is 0.305. The summed E-state index contributed by atoms with van der Waals surface area (Å²) in [5, 5.41) is 22.2. The van der Waals surface area contributed by atoms with Gasteiger partial charge in [0, 0.05) is 24.1 Å². The molecular formula is C20H18N5NaO6S2. The molecule has 0 saturated carbocycles. The Morgan fingerprint density at radius 2 is 2.12 bits per heavy atom. The smallest absolute Gasteiger partial charge is 0.543 e. The van der Waals surface area contributed by atoms with Crippen LogP contribution in [0.3, 0.4) is 0 Å². The molecule has 172 valence electrons. The minimum Gasteiger partial charge on any atom is -0.543 e. The maximum absolute atomic E-state index is 12.8. The van der Waals surface area contributed by atoms with Crippen molar-refractivity contribution in [3.8, 4) is 0 Å². The topological polar surface area (TPSA) is 147 Å². The molecule has 2 aliphatic rings. The van der Waals surface area contributed by atoms with Crippen molar-refractivity contribution in [2.24, 2.45) is 7.05 Å². The summed E-state index contributed by atoms with van der Waals surface area (Å²) >= 11 is 2.63. The van der Waals surface area contributed by atoms with Crippen LogP contribution in [-0.2, 0) is 31.0 Å². The second kappa shape index (κ2) is 11.4. The number of aromatic nitrogens is 3. The van der Waals surface area contributed by atoms with E-state index in [2.05, 4.69) is 15.5 Å². The van der Waals surface area contributed by atoms with Crippen LogP contribution in [0.1, 0.15) is 11.7 Å². The van der Waals surface area contributed by atoms with Gasteiger partial charge in [-0.3, -0.25) is 19.3 Å². The number of carboxylic acids is 1. The molecule has 3 unspecified atom stereocenters. The number of benzene rings is 1. The Labute approximate surface area is 225 Å². The van der Waals surface area contributed by atoms with E-state index in [4.69, 9.17) is 4.74 Å². The maximum Gasteiger partial charge on any atom is 1.00 e. The van der Waals surface area contributed by atoms with E-state index in [1.54, 1.807) is 41.9 Å². The summed E-state index contributed by atoms with van der Waals surface area (Å²) in [6, 6.07) is 7.42. The number of aliphatic carboxylic acids is 1. The molecule has 14 heteroatoms. The summed E-state index contributed by atoms with van der Waals surface area (Å²) in [4.78, 5) is 49.5. The molecule has 0 spiro atoms. The normalized spacial score (nSPS) is 19.9. The number of amides is 2. The molecule has 1 N–H and O–H groups in total. The first-order valence-electron chi connectivity index (χ1n) is 9.71. The van der Waals surface area contributed by atoms with Crippen LogP contribution in [0.5, 0.6) is 0 Å². The quantitative estimate of drug-likeness (QED) is 0.154. The molecule has 4 rings (SSSR count). The van der Waals surface area contributed by atoms with Gasteiger partial charge in [-0.05, 0) is 5.57 Å². The molecule has 2 amide bonds. The number of aryl methyl sites for hydroxylation is 1. The number of β-lactam (4-membered cyclic amide) rings is 1. The van der Waals surface area contributed by atoms with Gasteiger partial charge < -0.3 is 24.5 Å². The molecule has 0 aliphatic carbocycles. The van der Waals surface area contributed by atoms with Crippen LogP contribution in [0.2, 0.25) is 0 Å². The Morgan fingerprint density at radius 3 is 2.74 bits per heavy atom. The number of carbonyl (C=O) groups excluding carboxylic acids is 4. The summed E-state index contributed by atoms with van der Waals surface area (Å²) in [6.45, 7) is 0.166. The van der Waals surface area contributed by atoms with Gasteiger partial charge in [0.1, 0.15) is 17.7 Å². The van der Waals surface area contributed by atoms with E-state index >= 15 is 0 Å². The number of hydrogen-bond donors (Lipinski definition) is 1. The third-order valence-corrected chi connectivity index (χ3v) is 7.58. The fourth-order valence-corrected chi connectivity index (χ4v) is 5.91. The van der Waals surface area contributed by atoms with Crippen molar-refractivity contribution in [2.45, 2.75) is 22.7 Å². The summed E-state index contributed by atoms with van der Waals surface area (Å²) in [7, 11) is 1.77. The number of thioether (sulfide) groups is 2. The molecule has 3 atom stereocenters. The van der Waals surface area contributed by atoms with Crippen molar-refractivity contribution < 1.29 is 58.6 Å². The minimum absolute atomic E-state index is 0. The average molecular weight is 512 g/mol. The van der Waals surface area contributed by atoms with Crippen molar-refractivity contribution in [1.29, 1.82) is 0 Å². The first kappa shape index (κ1) is 26.3. The fraction of sp³-hybridized carbons (Fsp3) is 0.300. The van der Waals surface area contributed by atoms with Crippen LogP contribution in [0.15, 0.2) is 53.1 Å². The third kappa shape index (κ3) is 5.18. The minimum atomic E-state index is -1.46. The molecular weight excluding hydrogens is 493 g/mol. The van der Waals surface area contributed by atoms with Gasteiger partial charge in [0.25, 0.3) is 18.3 Å². The summed E-state index contributed by atoms with van der Waals surface area (Å²) < 4.78 is 6.63. The predicted octanol–water partition coefficient (Wildman–Crippen LogP) is -3.77. The van der Waals surface area contributed by atoms with Gasteiger partial charge in [-0.1, -0.05) is 42.1 Å². The van der Waals surface area contributed by atoms with Crippen molar-refractivity contribution in [3.05, 3.63) is 53.5 Å². The summed E-state index contributed by atoms with van der Waals surface area (Å²) in [5.74, 6) is -2.08. The molecule has 3 heterocycles. The number of nitrogens with one attached hydrogen (secondary N) is 1. The van der Waals surface area contributed by atoms with Crippen LogP contribution in [-0.4, -0.2) is 66.8 Å². The van der Waals surface area contributed by atoms with Gasteiger partial charge in [-0.15, -0.1) is 22.0 Å². The van der Waals surface area contributed by atoms with Crippen molar-refractivity contribution in [2.75, 3.05) is 11.5 Å². The van der Waals surface area contributed by atoms with Crippen molar-refractivity contribution in [1.82, 2.24) is 25.0 Å². The van der Waals surface area contributed by atoms with E-state index in [0.717, 1.165) is 4.90 Å². The van der Waals surface area contributed by atoms with Gasteiger partial charge in [0.2, 0.25) is 6.10 Å². The van der Waals surface area contributed by atoms with Gasteiger partial charge >= 0.3 is 29.6 Å². The molecule has 2 aromatic rings. The second-order valence-corrected chi connectivity index (χ2v) is 9.22. The largest absolute Gasteiger partial charge is 1.00 e. The fourth-order valence-electron chi connectivity index (χ4n) is 3.54. The van der Waals surface area contributed by atoms with E-state index in [0.29, 0.717) is 27.8 Å². The number of carbonyl (C=O) groups is 4. The first-order valence-corrected chi connectivity index (χ1v) is 11.7. The van der Waals surface area contributed by atoms with E-state index in [9.17, 15) is 24.3 Å². The van der Waals surface area contributed by atoms with Gasteiger partial charge in [0.15, 0.2) is 5.16 Å². The van der Waals surface area contributed by atoms with Gasteiger partial charge in [0.05, 0.1) is 11.7 Å². The first-order chi connectivity index (χ1) is 15.9. The van der Waals surface area contributed by atoms with Gasteiger partial charge in [-0.25, -0.2) is 0 Å². The molecule has 0 bridgehead atoms. The van der Waals surface area contributed by atoms with E-state index < -0.39 is 35.3 Å². The zero-order chi connectivity index (χ0) is 23.5. The summed E-state index contributed by atoms with van der Waals surface area (Å²) in [5.41, 5.74) is 0.780. The molecule has 34 heavy (non-hydrogen) atoms. The van der Waals surface area contributed by atoms with Crippen LogP contribution >= 0.6 is 23.5 Å². The van der Waals surface area contributed by atoms with E-state index in [1.165, 1.54) is 29.9 Å². The van der Waals surface area contributed by atoms with Crippen LogP contribution in [0.4, 0.5) is 0 Å². The Hall–Kier alpha value is -2.32. The molecule has 1 saturated heterocycles. The van der Waals surface area contributed by atoms with E-state index in [1.807, 2.05) is 0 Å². The number of nitrogens with zero attached hydrogens (tertiary/aromatic N) is 4. The Kier molecular flexibility index (Phi) is 8.82. The van der Waals surface area contributed by atoms with Crippen molar-refractivity contribution in [3.63, 3.8) is 0 Å².